The fourth-order valence-electron chi connectivity index (χ4n) is 4.52. The van der Waals surface area contributed by atoms with Gasteiger partial charge in [0.25, 0.3) is 5.56 Å². The van der Waals surface area contributed by atoms with Crippen LogP contribution in [0, 0.1) is 13.8 Å². The zero-order valence-corrected chi connectivity index (χ0v) is 22.1. The molecule has 0 radical (unpaired) electrons. The number of aromatic nitrogens is 5. The molecule has 1 aromatic carbocycles. The fourth-order valence-corrected chi connectivity index (χ4v) is 4.85. The van der Waals surface area contributed by atoms with E-state index in [9.17, 15) is 23.1 Å². The van der Waals surface area contributed by atoms with Crippen LogP contribution >= 0.6 is 11.6 Å². The number of nitrogens with one attached hydrogen (secondary N) is 1. The number of hydrogen-bond donors (Lipinski definition) is 2. The standard InChI is InChI=1S/C28H23ClF3N5O3/c1-15-9-19(25-17(13-38)11-33-36-25)18-5-3-7-24(26(18)35-15)40-14-20-22(29)10-16(2)34-23(20)12-37-8-4-6-21(27(37)39)28(30,31)32/h3-11,38H,12-14H2,1-2H3,(H,33,36). The normalized spacial score (nSPS) is 11.8. The van der Waals surface area contributed by atoms with Gasteiger partial charge in [-0.3, -0.25) is 14.9 Å². The Labute approximate surface area is 231 Å². The first-order valence-electron chi connectivity index (χ1n) is 12.2. The number of aromatic amines is 1. The van der Waals surface area contributed by atoms with Crippen LogP contribution < -0.4 is 10.3 Å². The topological polar surface area (TPSA) is 106 Å². The van der Waals surface area contributed by atoms with Crippen molar-refractivity contribution in [1.82, 2.24) is 24.7 Å². The smallest absolute Gasteiger partial charge is 0.421 e. The monoisotopic (exact) mass is 569 g/mol. The Hall–Kier alpha value is -4.22. The van der Waals surface area contributed by atoms with E-state index in [0.717, 1.165) is 21.6 Å². The first kappa shape index (κ1) is 27.4. The summed E-state index contributed by atoms with van der Waals surface area (Å²) < 4.78 is 47.0. The van der Waals surface area contributed by atoms with Crippen molar-refractivity contribution >= 4 is 22.5 Å². The third kappa shape index (κ3) is 5.30. The molecule has 0 spiro atoms. The Bertz CT molecular complexity index is 1780. The summed E-state index contributed by atoms with van der Waals surface area (Å²) in [6.45, 7) is 3.02. The van der Waals surface area contributed by atoms with Crippen molar-refractivity contribution in [2.45, 2.75) is 39.8 Å². The quantitative estimate of drug-likeness (QED) is 0.265. The van der Waals surface area contributed by atoms with Crippen molar-refractivity contribution in [3.8, 4) is 17.0 Å². The van der Waals surface area contributed by atoms with E-state index in [0.29, 0.717) is 50.2 Å². The first-order valence-corrected chi connectivity index (χ1v) is 12.5. The predicted molar refractivity (Wildman–Crippen MR) is 143 cm³/mol. The number of ether oxygens (including phenoxy) is 1. The number of halogens is 4. The molecule has 4 aromatic heterocycles. The molecule has 12 heteroatoms. The Balaban J connectivity index is 1.52. The van der Waals surface area contributed by atoms with E-state index in [1.807, 2.05) is 19.1 Å². The number of benzene rings is 1. The average Bonchev–Trinajstić information content (AvgIpc) is 3.37. The van der Waals surface area contributed by atoms with E-state index in [-0.39, 0.29) is 19.8 Å². The summed E-state index contributed by atoms with van der Waals surface area (Å²) in [5.74, 6) is 0.433. The number of pyridine rings is 3. The number of hydrogen-bond acceptors (Lipinski definition) is 6. The van der Waals surface area contributed by atoms with Crippen LogP contribution in [0.5, 0.6) is 5.75 Å². The minimum absolute atomic E-state index is 0.0798. The third-order valence-corrected chi connectivity index (χ3v) is 6.71. The molecular weight excluding hydrogens is 547 g/mol. The number of aliphatic hydroxyl groups excluding tert-OH is 1. The van der Waals surface area contributed by atoms with Crippen LogP contribution in [0.1, 0.15) is 33.8 Å². The first-order chi connectivity index (χ1) is 19.1. The van der Waals surface area contributed by atoms with Gasteiger partial charge >= 0.3 is 6.18 Å². The number of aryl methyl sites for hydroxylation is 2. The van der Waals surface area contributed by atoms with Gasteiger partial charge in [-0.1, -0.05) is 23.7 Å². The number of para-hydroxylation sites is 1. The second kappa shape index (κ2) is 10.7. The number of nitrogens with zero attached hydrogens (tertiary/aromatic N) is 4. The summed E-state index contributed by atoms with van der Waals surface area (Å²) in [7, 11) is 0. The molecule has 0 unspecified atom stereocenters. The second-order valence-corrected chi connectivity index (χ2v) is 9.60. The highest BCUT2D eigenvalue weighted by atomic mass is 35.5. The number of alkyl halides is 3. The van der Waals surface area contributed by atoms with Crippen molar-refractivity contribution in [3.63, 3.8) is 0 Å². The van der Waals surface area contributed by atoms with Crippen LogP contribution in [-0.2, 0) is 25.9 Å². The summed E-state index contributed by atoms with van der Waals surface area (Å²) in [5.41, 5.74) is 2.06. The highest BCUT2D eigenvalue weighted by Gasteiger charge is 2.34. The van der Waals surface area contributed by atoms with Gasteiger partial charge in [0.15, 0.2) is 0 Å². The van der Waals surface area contributed by atoms with Crippen LogP contribution in [0.25, 0.3) is 22.2 Å². The molecule has 0 saturated carbocycles. The molecule has 0 saturated heterocycles. The van der Waals surface area contributed by atoms with Gasteiger partial charge in [0, 0.05) is 45.9 Å². The van der Waals surface area contributed by atoms with Gasteiger partial charge in [-0.05, 0) is 44.2 Å². The second-order valence-electron chi connectivity index (χ2n) is 9.19. The molecule has 5 aromatic rings. The van der Waals surface area contributed by atoms with E-state index in [1.165, 1.54) is 12.3 Å². The number of fused-ring (bicyclic) bond motifs is 1. The maximum absolute atomic E-state index is 13.3. The Morgan fingerprint density at radius 2 is 1.88 bits per heavy atom. The zero-order chi connectivity index (χ0) is 28.6. The van der Waals surface area contributed by atoms with Crippen molar-refractivity contribution in [2.24, 2.45) is 0 Å². The van der Waals surface area contributed by atoms with Gasteiger partial charge in [0.2, 0.25) is 0 Å². The molecule has 0 atom stereocenters. The van der Waals surface area contributed by atoms with Crippen LogP contribution in [0.15, 0.2) is 59.7 Å². The van der Waals surface area contributed by atoms with Gasteiger partial charge < -0.3 is 14.4 Å². The molecule has 4 heterocycles. The number of rotatable bonds is 7. The summed E-state index contributed by atoms with van der Waals surface area (Å²) in [4.78, 5) is 21.7. The molecule has 40 heavy (non-hydrogen) atoms. The van der Waals surface area contributed by atoms with E-state index >= 15 is 0 Å². The van der Waals surface area contributed by atoms with E-state index in [1.54, 1.807) is 31.3 Å². The summed E-state index contributed by atoms with van der Waals surface area (Å²) in [6, 6.07) is 10.8. The van der Waals surface area contributed by atoms with Crippen molar-refractivity contribution in [3.05, 3.63) is 104 Å². The minimum Gasteiger partial charge on any atom is -0.486 e. The molecule has 2 N–H and O–H groups in total. The third-order valence-electron chi connectivity index (χ3n) is 6.38. The van der Waals surface area contributed by atoms with Crippen LogP contribution in [0.2, 0.25) is 5.02 Å². The molecular formula is C28H23ClF3N5O3. The summed E-state index contributed by atoms with van der Waals surface area (Å²) in [6.07, 6.45) is -1.88. The summed E-state index contributed by atoms with van der Waals surface area (Å²) >= 11 is 6.54. The molecule has 8 nitrogen and oxygen atoms in total. The lowest BCUT2D eigenvalue weighted by Crippen LogP contribution is -2.29. The largest absolute Gasteiger partial charge is 0.486 e. The maximum Gasteiger partial charge on any atom is 0.421 e. The molecule has 0 aliphatic rings. The van der Waals surface area contributed by atoms with Gasteiger partial charge in [0.05, 0.1) is 29.6 Å². The van der Waals surface area contributed by atoms with Gasteiger partial charge in [-0.25, -0.2) is 4.98 Å². The molecule has 0 amide bonds. The SMILES string of the molecule is Cc1cc(Cl)c(COc2cccc3c(-c4n[nH]cc4CO)cc(C)nc23)c(Cn2cccc(C(F)(F)F)c2=O)n1. The Morgan fingerprint density at radius 1 is 1.10 bits per heavy atom. The molecule has 0 aliphatic carbocycles. The number of H-pyrrole nitrogens is 1. The highest BCUT2D eigenvalue weighted by molar-refractivity contribution is 6.31. The molecule has 0 aliphatic heterocycles. The fraction of sp³-hybridized carbons (Fsp3) is 0.214. The van der Waals surface area contributed by atoms with Crippen LogP contribution in [0.4, 0.5) is 13.2 Å². The lowest BCUT2D eigenvalue weighted by molar-refractivity contribution is -0.138. The van der Waals surface area contributed by atoms with E-state index < -0.39 is 17.3 Å². The minimum atomic E-state index is -4.78. The number of aliphatic hydroxyl groups is 1. The molecule has 0 fully saturated rings. The van der Waals surface area contributed by atoms with E-state index in [4.69, 9.17) is 16.3 Å². The molecule has 206 valence electrons. The van der Waals surface area contributed by atoms with Crippen molar-refractivity contribution < 1.29 is 23.0 Å². The van der Waals surface area contributed by atoms with E-state index in [2.05, 4.69) is 20.2 Å². The summed E-state index contributed by atoms with van der Waals surface area (Å²) in [5, 5.41) is 17.8. The van der Waals surface area contributed by atoms with Gasteiger partial charge in [0.1, 0.15) is 23.4 Å². The van der Waals surface area contributed by atoms with Crippen molar-refractivity contribution in [1.29, 1.82) is 0 Å². The lowest BCUT2D eigenvalue weighted by atomic mass is 10.0. The van der Waals surface area contributed by atoms with Gasteiger partial charge in [-0.2, -0.15) is 18.3 Å². The Morgan fingerprint density at radius 3 is 2.62 bits per heavy atom. The molecule has 5 rings (SSSR count). The maximum atomic E-state index is 13.3. The average molecular weight is 570 g/mol. The van der Waals surface area contributed by atoms with Crippen LogP contribution in [0.3, 0.4) is 0 Å². The predicted octanol–water partition coefficient (Wildman–Crippen LogP) is 5.59. The van der Waals surface area contributed by atoms with Gasteiger partial charge in [-0.15, -0.1) is 0 Å². The zero-order valence-electron chi connectivity index (χ0n) is 21.4. The Kier molecular flexibility index (Phi) is 7.35. The highest BCUT2D eigenvalue weighted by Crippen LogP contribution is 2.35. The van der Waals surface area contributed by atoms with Crippen molar-refractivity contribution in [2.75, 3.05) is 0 Å². The molecule has 0 bridgehead atoms. The lowest BCUT2D eigenvalue weighted by Gasteiger charge is -2.16. The van der Waals surface area contributed by atoms with Crippen LogP contribution in [-0.4, -0.2) is 29.8 Å².